The molecule has 0 bridgehead atoms. The Morgan fingerprint density at radius 1 is 0.640 bits per heavy atom. The molecule has 0 saturated heterocycles. The summed E-state index contributed by atoms with van der Waals surface area (Å²) in [6.45, 7) is -1.04. The monoisotopic (exact) mass is 480 g/mol. The molecule has 0 radical (unpaired) electrons. The van der Waals surface area contributed by atoms with Crippen molar-refractivity contribution < 1.29 is 57.1 Å². The van der Waals surface area contributed by atoms with Crippen LogP contribution in [0.4, 0.5) is 57.1 Å². The highest BCUT2D eigenvalue weighted by Crippen LogP contribution is 2.60. The van der Waals surface area contributed by atoms with Gasteiger partial charge >= 0.3 is 41.2 Å². The zero-order valence-electron chi connectivity index (χ0n) is 11.1. The van der Waals surface area contributed by atoms with Gasteiger partial charge < -0.3 is 0 Å². The average Bonchev–Trinajstić information content (AvgIpc) is 2.34. The molecule has 0 aliphatic carbocycles. The van der Waals surface area contributed by atoms with Crippen LogP contribution in [0.25, 0.3) is 0 Å². The molecule has 0 fully saturated rings. The fraction of sp³-hybridized carbons (Fsp3) is 1.00. The van der Waals surface area contributed by atoms with Crippen LogP contribution in [0.5, 0.6) is 0 Å². The minimum absolute atomic E-state index is 1.04. The predicted octanol–water partition coefficient (Wildman–Crippen LogP) is 6.35. The Morgan fingerprint density at radius 3 is 1.20 bits per heavy atom. The van der Waals surface area contributed by atoms with Gasteiger partial charge in [0.25, 0.3) is 0 Å². The van der Waals surface area contributed by atoms with Crippen molar-refractivity contribution in [3.63, 3.8) is 0 Å². The molecule has 0 aromatic carbocycles. The lowest BCUT2D eigenvalue weighted by Gasteiger charge is -2.41. The second-order valence-electron chi connectivity index (χ2n) is 4.72. The first-order valence-electron chi connectivity index (χ1n) is 5.38. The van der Waals surface area contributed by atoms with Gasteiger partial charge in [0, 0.05) is 6.92 Å². The molecule has 152 valence electrons. The molecular formula is C8H4Cl3F13Si. The summed E-state index contributed by atoms with van der Waals surface area (Å²) in [4.78, 5) is 0. The van der Waals surface area contributed by atoms with Crippen molar-refractivity contribution in [2.75, 3.05) is 0 Å². The lowest BCUT2D eigenvalue weighted by Crippen LogP contribution is -2.71. The first-order chi connectivity index (χ1) is 10.4. The quantitative estimate of drug-likeness (QED) is 0.226. The van der Waals surface area contributed by atoms with Gasteiger partial charge in [-0.1, -0.05) is 0 Å². The molecule has 0 aromatic heterocycles. The highest BCUT2D eigenvalue weighted by atomic mass is 35.8. The normalized spacial score (nSPS) is 17.6. The Morgan fingerprint density at radius 2 is 0.960 bits per heavy atom. The summed E-state index contributed by atoms with van der Waals surface area (Å²) < 4.78 is 169. The second-order valence-corrected chi connectivity index (χ2v) is 13.2. The van der Waals surface area contributed by atoms with Crippen LogP contribution < -0.4 is 0 Å². The lowest BCUT2D eigenvalue weighted by atomic mass is 9.93. The largest absolute Gasteiger partial charge is 0.420 e. The first-order valence-corrected chi connectivity index (χ1v) is 10.4. The summed E-state index contributed by atoms with van der Waals surface area (Å²) >= 11 is 13.5. The maximum absolute atomic E-state index is 13.2. The van der Waals surface area contributed by atoms with Gasteiger partial charge in [-0.25, -0.2) is 13.2 Å². The molecule has 1 unspecified atom stereocenters. The van der Waals surface area contributed by atoms with Crippen molar-refractivity contribution in [2.45, 2.75) is 48.3 Å². The number of halogens is 16. The summed E-state index contributed by atoms with van der Waals surface area (Å²) in [5.41, 5.74) is -5.97. The molecule has 0 heterocycles. The Labute approximate surface area is 145 Å². The predicted molar refractivity (Wildman–Crippen MR) is 63.6 cm³/mol. The van der Waals surface area contributed by atoms with Crippen molar-refractivity contribution in [3.8, 4) is 0 Å². The van der Waals surface area contributed by atoms with Gasteiger partial charge in [-0.05, 0) is 0 Å². The fourth-order valence-electron chi connectivity index (χ4n) is 1.21. The van der Waals surface area contributed by atoms with Crippen molar-refractivity contribution >= 4 is 39.2 Å². The zero-order chi connectivity index (χ0) is 21.1. The third kappa shape index (κ3) is 3.64. The van der Waals surface area contributed by atoms with Gasteiger partial charge in [-0.2, -0.15) is 43.9 Å². The molecule has 0 aliphatic rings. The molecule has 0 nitrogen and oxygen atoms in total. The Kier molecular flexibility index (Phi) is 6.41. The molecule has 17 heteroatoms. The standard InChI is InChI=1S/C8H4Cl3F13Si/c1-3(13,14)6(19,20)8(23,24)7(21,22)4(15,16)2(12)5(17,18)25(9,10)11/h2H,1H3. The van der Waals surface area contributed by atoms with Crippen LogP contribution in [0.2, 0.25) is 0 Å². The van der Waals surface area contributed by atoms with Gasteiger partial charge in [-0.15, -0.1) is 33.2 Å². The van der Waals surface area contributed by atoms with E-state index in [1.807, 2.05) is 0 Å². The third-order valence-electron chi connectivity index (χ3n) is 2.77. The van der Waals surface area contributed by atoms with E-state index in [1.165, 1.54) is 0 Å². The van der Waals surface area contributed by atoms with E-state index >= 15 is 0 Å². The maximum atomic E-state index is 13.2. The van der Waals surface area contributed by atoms with E-state index in [9.17, 15) is 57.1 Å². The Hall–Kier alpha value is 0.177. The van der Waals surface area contributed by atoms with Crippen molar-refractivity contribution in [1.82, 2.24) is 0 Å². The van der Waals surface area contributed by atoms with Crippen LogP contribution in [0.15, 0.2) is 0 Å². The van der Waals surface area contributed by atoms with E-state index in [2.05, 4.69) is 33.2 Å². The van der Waals surface area contributed by atoms with Gasteiger partial charge in [0.1, 0.15) is 0 Å². The molecule has 0 aromatic rings. The smallest absolute Gasteiger partial charge is 0.234 e. The van der Waals surface area contributed by atoms with E-state index in [0.717, 1.165) is 0 Å². The van der Waals surface area contributed by atoms with E-state index in [-0.39, 0.29) is 0 Å². The highest BCUT2D eigenvalue weighted by molar-refractivity contribution is 7.65. The SMILES string of the molecule is CC(F)(F)C(F)(F)C(F)(F)C(F)(F)C(F)(F)C(F)C(F)(F)[Si](Cl)(Cl)Cl. The zero-order valence-corrected chi connectivity index (χ0v) is 14.4. The fourth-order valence-corrected chi connectivity index (χ4v) is 2.54. The second kappa shape index (κ2) is 6.36. The van der Waals surface area contributed by atoms with E-state index < -0.39 is 54.3 Å². The van der Waals surface area contributed by atoms with E-state index in [4.69, 9.17) is 0 Å². The summed E-state index contributed by atoms with van der Waals surface area (Å²) in [5.74, 6) is -35.9. The van der Waals surface area contributed by atoms with Gasteiger partial charge in [0.15, 0.2) is 0 Å². The van der Waals surface area contributed by atoms with Crippen LogP contribution in [-0.4, -0.2) is 47.3 Å². The molecule has 0 spiro atoms. The van der Waals surface area contributed by atoms with Gasteiger partial charge in [-0.3, -0.25) is 0 Å². The van der Waals surface area contributed by atoms with Crippen LogP contribution in [0.1, 0.15) is 6.92 Å². The van der Waals surface area contributed by atoms with Gasteiger partial charge in [0.05, 0.1) is 0 Å². The summed E-state index contributed by atoms with van der Waals surface area (Å²) in [6, 6.07) is -5.96. The topological polar surface area (TPSA) is 0 Å². The number of alkyl halides is 13. The minimum atomic E-state index is -7.73. The van der Waals surface area contributed by atoms with Crippen molar-refractivity contribution in [3.05, 3.63) is 0 Å². The maximum Gasteiger partial charge on any atom is 0.420 e. The van der Waals surface area contributed by atoms with Crippen molar-refractivity contribution in [2.24, 2.45) is 0 Å². The third-order valence-corrected chi connectivity index (χ3v) is 6.05. The molecule has 0 amide bonds. The molecule has 0 rings (SSSR count). The molecule has 0 aliphatic heterocycles. The summed E-state index contributed by atoms with van der Waals surface area (Å²) in [7, 11) is 0. The molecule has 0 saturated carbocycles. The Bertz CT molecular complexity index is 494. The number of rotatable bonds is 7. The first kappa shape index (κ1) is 25.2. The van der Waals surface area contributed by atoms with Gasteiger partial charge in [0.2, 0.25) is 6.17 Å². The lowest BCUT2D eigenvalue weighted by molar-refractivity contribution is -0.409. The molecule has 0 N–H and O–H groups in total. The summed E-state index contributed by atoms with van der Waals surface area (Å²) in [5, 5.41) is 0. The van der Waals surface area contributed by atoms with E-state index in [0.29, 0.717) is 0 Å². The van der Waals surface area contributed by atoms with Crippen LogP contribution in [-0.2, 0) is 0 Å². The number of hydrogen-bond donors (Lipinski definition) is 0. The van der Waals surface area contributed by atoms with Crippen molar-refractivity contribution in [1.29, 1.82) is 0 Å². The van der Waals surface area contributed by atoms with E-state index in [1.54, 1.807) is 0 Å². The summed E-state index contributed by atoms with van der Waals surface area (Å²) in [6.07, 6.45) is -5.71. The Balaban J connectivity index is 6.32. The van der Waals surface area contributed by atoms with Crippen LogP contribution in [0.3, 0.4) is 0 Å². The highest BCUT2D eigenvalue weighted by Gasteiger charge is 2.88. The average molecular weight is 482 g/mol. The minimum Gasteiger partial charge on any atom is -0.234 e. The molecule has 1 atom stereocenters. The van der Waals surface area contributed by atoms with Crippen LogP contribution in [0, 0.1) is 0 Å². The number of hydrogen-bond acceptors (Lipinski definition) is 0. The van der Waals surface area contributed by atoms with Crippen LogP contribution >= 0.6 is 33.2 Å². The molecule has 25 heavy (non-hydrogen) atoms. The molecular weight excluding hydrogens is 478 g/mol.